The van der Waals surface area contributed by atoms with Crippen molar-refractivity contribution >= 4 is 27.5 Å². The largest absolute Gasteiger partial charge is 0.505 e. The quantitative estimate of drug-likeness (QED) is 0.707. The third kappa shape index (κ3) is 2.17. The Morgan fingerprint density at radius 1 is 1.19 bits per heavy atom. The molecular weight excluding hydrogens is 292 g/mol. The normalized spacial score (nSPS) is 10.7. The molecule has 0 bridgehead atoms. The number of esters is 1. The first-order chi connectivity index (χ1) is 10.1. The average molecular weight is 302 g/mol. The third-order valence-corrected chi connectivity index (χ3v) is 3.96. The highest BCUT2D eigenvalue weighted by Gasteiger charge is 2.23. The molecule has 2 aromatic heterocycles. The molecule has 21 heavy (non-hydrogen) atoms. The topological polar surface area (TPSA) is 92.5 Å². The molecular formula is C14H10N2O4S. The number of aromatic hydroxyl groups is 2. The second kappa shape index (κ2) is 5.02. The number of ether oxygens (including phenoxy) is 1. The van der Waals surface area contributed by atoms with Crippen LogP contribution in [0.5, 0.6) is 11.6 Å². The Balaban J connectivity index is 2.23. The van der Waals surface area contributed by atoms with Crippen LogP contribution in [-0.4, -0.2) is 33.3 Å². The van der Waals surface area contributed by atoms with Crippen molar-refractivity contribution < 1.29 is 19.7 Å². The highest BCUT2D eigenvalue weighted by molar-refractivity contribution is 7.20. The molecule has 0 saturated carbocycles. The van der Waals surface area contributed by atoms with Gasteiger partial charge in [-0.2, -0.15) is 4.98 Å². The number of fused-ring (bicyclic) bond motifs is 1. The van der Waals surface area contributed by atoms with E-state index in [1.807, 2.05) is 18.2 Å². The molecule has 1 aromatic carbocycles. The zero-order chi connectivity index (χ0) is 15.0. The van der Waals surface area contributed by atoms with Gasteiger partial charge < -0.3 is 14.9 Å². The molecule has 2 heterocycles. The molecule has 0 atom stereocenters. The molecule has 7 heteroatoms. The summed E-state index contributed by atoms with van der Waals surface area (Å²) in [5, 5.41) is 20.1. The summed E-state index contributed by atoms with van der Waals surface area (Å²) >= 11 is 0.944. The van der Waals surface area contributed by atoms with Gasteiger partial charge in [0, 0.05) is 5.56 Å². The Hall–Kier alpha value is -2.67. The highest BCUT2D eigenvalue weighted by atomic mass is 32.1. The minimum Gasteiger partial charge on any atom is -0.505 e. The molecule has 0 unspecified atom stereocenters. The predicted molar refractivity (Wildman–Crippen MR) is 77.5 cm³/mol. The summed E-state index contributed by atoms with van der Waals surface area (Å²) in [7, 11) is 1.22. The number of benzene rings is 1. The number of hydrogen-bond acceptors (Lipinski definition) is 7. The Morgan fingerprint density at radius 3 is 2.57 bits per heavy atom. The summed E-state index contributed by atoms with van der Waals surface area (Å²) in [5.41, 5.74) is 0.724. The molecule has 3 aromatic rings. The van der Waals surface area contributed by atoms with E-state index in [4.69, 9.17) is 0 Å². The minimum absolute atomic E-state index is 0.0117. The number of hydrogen-bond donors (Lipinski definition) is 2. The maximum atomic E-state index is 11.6. The standard InChI is InChI=1S/C14H10N2O4S/c1-20-14(19)10-9(17)8-12(18)15-11(16-13(8)21-10)7-5-3-2-4-6-7/h2-6,17H,1H3,(H,15,16,18). The van der Waals surface area contributed by atoms with Gasteiger partial charge in [-0.05, 0) is 0 Å². The third-order valence-electron chi connectivity index (χ3n) is 2.91. The number of carbonyl (C=O) groups is 1. The van der Waals surface area contributed by atoms with Gasteiger partial charge in [-0.1, -0.05) is 30.3 Å². The fourth-order valence-electron chi connectivity index (χ4n) is 1.92. The lowest BCUT2D eigenvalue weighted by molar-refractivity contribution is 0.0603. The van der Waals surface area contributed by atoms with Crippen LogP contribution < -0.4 is 0 Å². The van der Waals surface area contributed by atoms with Gasteiger partial charge >= 0.3 is 5.97 Å². The zero-order valence-corrected chi connectivity index (χ0v) is 11.7. The Morgan fingerprint density at radius 2 is 1.90 bits per heavy atom. The second-order valence-corrected chi connectivity index (χ2v) is 5.19. The number of rotatable bonds is 2. The molecule has 106 valence electrons. The van der Waals surface area contributed by atoms with Crippen LogP contribution >= 0.6 is 11.3 Å². The molecule has 0 fully saturated rings. The maximum absolute atomic E-state index is 11.6. The first-order valence-corrected chi connectivity index (χ1v) is 6.79. The molecule has 0 saturated heterocycles. The van der Waals surface area contributed by atoms with Crippen LogP contribution in [0, 0.1) is 0 Å². The molecule has 0 spiro atoms. The van der Waals surface area contributed by atoms with Crippen LogP contribution in [0.4, 0.5) is 0 Å². The summed E-state index contributed by atoms with van der Waals surface area (Å²) in [6, 6.07) is 9.11. The summed E-state index contributed by atoms with van der Waals surface area (Å²) in [6.07, 6.45) is 0. The smallest absolute Gasteiger partial charge is 0.351 e. The van der Waals surface area contributed by atoms with Crippen LogP contribution in [0.3, 0.4) is 0 Å². The van der Waals surface area contributed by atoms with E-state index in [0.717, 1.165) is 16.9 Å². The summed E-state index contributed by atoms with van der Waals surface area (Å²) in [5.74, 6) is -1.10. The molecule has 0 aliphatic carbocycles. The van der Waals surface area contributed by atoms with Crippen molar-refractivity contribution in [3.05, 3.63) is 35.2 Å². The minimum atomic E-state index is -0.684. The van der Waals surface area contributed by atoms with E-state index in [-0.39, 0.29) is 21.9 Å². The van der Waals surface area contributed by atoms with E-state index >= 15 is 0 Å². The van der Waals surface area contributed by atoms with Crippen molar-refractivity contribution in [2.45, 2.75) is 0 Å². The van der Waals surface area contributed by atoms with Crippen LogP contribution in [0.25, 0.3) is 21.6 Å². The molecule has 0 aliphatic heterocycles. The van der Waals surface area contributed by atoms with E-state index in [9.17, 15) is 15.0 Å². The van der Waals surface area contributed by atoms with Crippen molar-refractivity contribution in [1.29, 1.82) is 0 Å². The van der Waals surface area contributed by atoms with E-state index in [0.29, 0.717) is 10.7 Å². The summed E-state index contributed by atoms with van der Waals surface area (Å²) in [4.78, 5) is 20.1. The number of carbonyl (C=O) groups excluding carboxylic acids is 1. The van der Waals surface area contributed by atoms with Crippen LogP contribution in [0.1, 0.15) is 9.67 Å². The van der Waals surface area contributed by atoms with Crippen LogP contribution in [0.15, 0.2) is 30.3 Å². The molecule has 0 aliphatic rings. The van der Waals surface area contributed by atoms with E-state index < -0.39 is 5.97 Å². The molecule has 0 amide bonds. The lowest BCUT2D eigenvalue weighted by atomic mass is 10.2. The van der Waals surface area contributed by atoms with Gasteiger partial charge in [0.1, 0.15) is 10.2 Å². The van der Waals surface area contributed by atoms with Gasteiger partial charge in [0.15, 0.2) is 16.5 Å². The lowest BCUT2D eigenvalue weighted by Crippen LogP contribution is -1.97. The monoisotopic (exact) mass is 302 g/mol. The SMILES string of the molecule is COC(=O)c1sc2nc(-c3ccccc3)nc(O)c2c1O. The van der Waals surface area contributed by atoms with Gasteiger partial charge in [0.05, 0.1) is 7.11 Å². The Kier molecular flexibility index (Phi) is 3.19. The maximum Gasteiger partial charge on any atom is 0.351 e. The van der Waals surface area contributed by atoms with Crippen LogP contribution in [-0.2, 0) is 4.74 Å². The summed E-state index contributed by atoms with van der Waals surface area (Å²) < 4.78 is 4.58. The van der Waals surface area contributed by atoms with E-state index in [2.05, 4.69) is 14.7 Å². The van der Waals surface area contributed by atoms with Gasteiger partial charge in [-0.15, -0.1) is 11.3 Å². The first kappa shape index (κ1) is 13.3. The van der Waals surface area contributed by atoms with Gasteiger partial charge in [0.25, 0.3) is 0 Å². The summed E-state index contributed by atoms with van der Waals surface area (Å²) in [6.45, 7) is 0. The fourth-order valence-corrected chi connectivity index (χ4v) is 2.90. The number of nitrogens with zero attached hydrogens (tertiary/aromatic N) is 2. The van der Waals surface area contributed by atoms with Crippen LogP contribution in [0.2, 0.25) is 0 Å². The van der Waals surface area contributed by atoms with Gasteiger partial charge in [-0.25, -0.2) is 9.78 Å². The average Bonchev–Trinajstić information content (AvgIpc) is 2.85. The van der Waals surface area contributed by atoms with Gasteiger partial charge in [-0.3, -0.25) is 0 Å². The van der Waals surface area contributed by atoms with Crippen molar-refractivity contribution in [2.75, 3.05) is 7.11 Å². The molecule has 0 radical (unpaired) electrons. The first-order valence-electron chi connectivity index (χ1n) is 5.98. The van der Waals surface area contributed by atoms with Crippen molar-refractivity contribution in [2.24, 2.45) is 0 Å². The zero-order valence-electron chi connectivity index (χ0n) is 10.9. The van der Waals surface area contributed by atoms with E-state index in [1.54, 1.807) is 12.1 Å². The fraction of sp³-hybridized carbons (Fsp3) is 0.0714. The predicted octanol–water partition coefficient (Wildman–Crippen LogP) is 2.56. The Bertz CT molecular complexity index is 830. The second-order valence-electron chi connectivity index (χ2n) is 4.19. The van der Waals surface area contributed by atoms with E-state index in [1.165, 1.54) is 7.11 Å². The van der Waals surface area contributed by atoms with Gasteiger partial charge in [0.2, 0.25) is 5.88 Å². The lowest BCUT2D eigenvalue weighted by Gasteiger charge is -2.01. The van der Waals surface area contributed by atoms with Crippen molar-refractivity contribution in [3.8, 4) is 23.0 Å². The number of methoxy groups -OCH3 is 1. The molecule has 3 rings (SSSR count). The highest BCUT2D eigenvalue weighted by Crippen LogP contribution is 2.41. The number of thiophene rings is 1. The molecule has 6 nitrogen and oxygen atoms in total. The molecule has 2 N–H and O–H groups in total. The van der Waals surface area contributed by atoms with Crippen molar-refractivity contribution in [1.82, 2.24) is 9.97 Å². The number of aromatic nitrogens is 2. The van der Waals surface area contributed by atoms with Crippen molar-refractivity contribution in [3.63, 3.8) is 0 Å². The Labute approximate surface area is 123 Å².